The fourth-order valence-corrected chi connectivity index (χ4v) is 5.18. The Balaban J connectivity index is 1.16. The Hall–Kier alpha value is -3.90. The quantitative estimate of drug-likeness (QED) is 0.293. The second-order valence-corrected chi connectivity index (χ2v) is 9.92. The van der Waals surface area contributed by atoms with Crippen molar-refractivity contribution in [2.24, 2.45) is 5.41 Å². The van der Waals surface area contributed by atoms with Crippen LogP contribution in [0, 0.1) is 12.3 Å². The molecule has 1 aromatic heterocycles. The molecule has 5 rings (SSSR count). The maximum Gasteiger partial charge on any atom is 0.310 e. The number of benzene rings is 3. The maximum absolute atomic E-state index is 12.2. The number of nitrogens with one attached hydrogen (secondary N) is 1. The van der Waals surface area contributed by atoms with Gasteiger partial charge in [0.15, 0.2) is 0 Å². The average Bonchev–Trinajstić information content (AvgIpc) is 2.90. The maximum atomic E-state index is 12.2. The van der Waals surface area contributed by atoms with Gasteiger partial charge in [-0.25, -0.2) is 0 Å². The van der Waals surface area contributed by atoms with Crippen molar-refractivity contribution in [2.45, 2.75) is 26.2 Å². The lowest BCUT2D eigenvalue weighted by atomic mass is 9.74. The van der Waals surface area contributed by atoms with Gasteiger partial charge in [-0.1, -0.05) is 54.6 Å². The summed E-state index contributed by atoms with van der Waals surface area (Å²) >= 11 is 0. The van der Waals surface area contributed by atoms with Gasteiger partial charge in [0.2, 0.25) is 0 Å². The third-order valence-electron chi connectivity index (χ3n) is 7.29. The SMILES string of the molecule is Cc1cc(Nc2cccc(OCCN3CCC(Cc4ccccc4)(C(=O)O)CC3)c2)c2ccccc2n1. The number of ether oxygens (including phenoxy) is 1. The lowest BCUT2D eigenvalue weighted by Gasteiger charge is -2.39. The van der Waals surface area contributed by atoms with Crippen LogP contribution in [0.2, 0.25) is 0 Å². The van der Waals surface area contributed by atoms with E-state index in [1.807, 2.05) is 79.7 Å². The predicted molar refractivity (Wildman–Crippen MR) is 148 cm³/mol. The molecule has 0 aliphatic carbocycles. The first-order valence-electron chi connectivity index (χ1n) is 12.9. The van der Waals surface area contributed by atoms with Crippen LogP contribution in [0.3, 0.4) is 0 Å². The van der Waals surface area contributed by atoms with Crippen molar-refractivity contribution in [3.8, 4) is 5.75 Å². The summed E-state index contributed by atoms with van der Waals surface area (Å²) < 4.78 is 6.08. The Labute approximate surface area is 217 Å². The molecule has 0 atom stereocenters. The monoisotopic (exact) mass is 495 g/mol. The van der Waals surface area contributed by atoms with Gasteiger partial charge in [-0.3, -0.25) is 14.7 Å². The highest BCUT2D eigenvalue weighted by Crippen LogP contribution is 2.35. The van der Waals surface area contributed by atoms with Crippen LogP contribution in [0.25, 0.3) is 10.9 Å². The molecule has 190 valence electrons. The van der Waals surface area contributed by atoms with Crippen molar-refractivity contribution in [3.05, 3.63) is 96.2 Å². The summed E-state index contributed by atoms with van der Waals surface area (Å²) in [6.07, 6.45) is 1.88. The zero-order valence-electron chi connectivity index (χ0n) is 21.2. The number of aryl methyl sites for hydroxylation is 1. The van der Waals surface area contributed by atoms with E-state index in [4.69, 9.17) is 4.74 Å². The Bertz CT molecular complexity index is 1360. The van der Waals surface area contributed by atoms with E-state index in [1.54, 1.807) is 0 Å². The molecule has 6 heteroatoms. The van der Waals surface area contributed by atoms with Gasteiger partial charge in [0.1, 0.15) is 12.4 Å². The summed E-state index contributed by atoms with van der Waals surface area (Å²) in [5.41, 5.74) is 4.31. The predicted octanol–water partition coefficient (Wildman–Crippen LogP) is 6.08. The van der Waals surface area contributed by atoms with E-state index in [0.29, 0.717) is 25.9 Å². The molecule has 0 unspecified atom stereocenters. The molecule has 1 fully saturated rings. The molecular formula is C31H33N3O3. The number of aromatic nitrogens is 1. The van der Waals surface area contributed by atoms with Crippen LogP contribution in [-0.4, -0.2) is 47.2 Å². The molecule has 0 bridgehead atoms. The van der Waals surface area contributed by atoms with Crippen LogP contribution in [0.15, 0.2) is 84.9 Å². The van der Waals surface area contributed by atoms with Gasteiger partial charge in [0.05, 0.1) is 10.9 Å². The van der Waals surface area contributed by atoms with Gasteiger partial charge in [0, 0.05) is 35.1 Å². The summed E-state index contributed by atoms with van der Waals surface area (Å²) in [5, 5.41) is 14.6. The van der Waals surface area contributed by atoms with Gasteiger partial charge in [-0.05, 0) is 69.1 Å². The number of hydrogen-bond acceptors (Lipinski definition) is 5. The molecule has 2 N–H and O–H groups in total. The molecule has 0 saturated carbocycles. The highest BCUT2D eigenvalue weighted by molar-refractivity contribution is 5.93. The summed E-state index contributed by atoms with van der Waals surface area (Å²) in [6.45, 7) is 4.85. The third kappa shape index (κ3) is 5.92. The minimum Gasteiger partial charge on any atom is -0.492 e. The van der Waals surface area contributed by atoms with Gasteiger partial charge in [-0.2, -0.15) is 0 Å². The van der Waals surface area contributed by atoms with E-state index in [0.717, 1.165) is 58.9 Å². The molecule has 6 nitrogen and oxygen atoms in total. The summed E-state index contributed by atoms with van der Waals surface area (Å²) in [6, 6.07) is 28.1. The van der Waals surface area contributed by atoms with E-state index in [1.165, 1.54) is 0 Å². The number of para-hydroxylation sites is 1. The van der Waals surface area contributed by atoms with Gasteiger partial charge in [-0.15, -0.1) is 0 Å². The fourth-order valence-electron chi connectivity index (χ4n) is 5.18. The molecule has 37 heavy (non-hydrogen) atoms. The standard InChI is InChI=1S/C31H33N3O3/c1-23-20-29(27-12-5-6-13-28(27)32-23)33-25-10-7-11-26(21-25)37-19-18-34-16-14-31(15-17-34,30(35)36)22-24-8-3-2-4-9-24/h2-13,20-21H,14-19,22H2,1H3,(H,32,33)(H,35,36). The summed E-state index contributed by atoms with van der Waals surface area (Å²) in [5.74, 6) is 0.120. The lowest BCUT2D eigenvalue weighted by molar-refractivity contribution is -0.152. The summed E-state index contributed by atoms with van der Waals surface area (Å²) in [7, 11) is 0. The number of nitrogens with zero attached hydrogens (tertiary/aromatic N) is 2. The molecule has 0 spiro atoms. The van der Waals surface area contributed by atoms with Gasteiger partial charge in [0.25, 0.3) is 0 Å². The molecule has 3 aromatic carbocycles. The van der Waals surface area contributed by atoms with E-state index < -0.39 is 11.4 Å². The Morgan fingerprint density at radius 3 is 2.54 bits per heavy atom. The largest absolute Gasteiger partial charge is 0.492 e. The number of anilines is 2. The number of carboxylic acid groups (broad SMARTS) is 1. The molecule has 0 amide bonds. The lowest BCUT2D eigenvalue weighted by Crippen LogP contribution is -2.46. The third-order valence-corrected chi connectivity index (χ3v) is 7.29. The Morgan fingerprint density at radius 1 is 1.00 bits per heavy atom. The van der Waals surface area contributed by atoms with Crippen molar-refractivity contribution >= 4 is 28.2 Å². The number of likely N-dealkylation sites (tertiary alicyclic amines) is 1. The average molecular weight is 496 g/mol. The smallest absolute Gasteiger partial charge is 0.310 e. The second kappa shape index (κ2) is 11.0. The van der Waals surface area contributed by atoms with Crippen LogP contribution >= 0.6 is 0 Å². The zero-order valence-corrected chi connectivity index (χ0v) is 21.2. The first-order valence-corrected chi connectivity index (χ1v) is 12.9. The number of aliphatic carboxylic acids is 1. The van der Waals surface area contributed by atoms with Crippen molar-refractivity contribution in [1.29, 1.82) is 0 Å². The van der Waals surface area contributed by atoms with Crippen molar-refractivity contribution in [2.75, 3.05) is 31.6 Å². The van der Waals surface area contributed by atoms with Crippen LogP contribution in [0.4, 0.5) is 11.4 Å². The summed E-state index contributed by atoms with van der Waals surface area (Å²) in [4.78, 5) is 19.1. The van der Waals surface area contributed by atoms with Crippen LogP contribution in [0.5, 0.6) is 5.75 Å². The van der Waals surface area contributed by atoms with Crippen molar-refractivity contribution in [1.82, 2.24) is 9.88 Å². The molecule has 4 aromatic rings. The number of fused-ring (bicyclic) bond motifs is 1. The van der Waals surface area contributed by atoms with Gasteiger partial charge >= 0.3 is 5.97 Å². The first-order chi connectivity index (χ1) is 18.0. The Morgan fingerprint density at radius 2 is 1.76 bits per heavy atom. The minimum atomic E-state index is -0.686. The van der Waals surface area contributed by atoms with E-state index in [9.17, 15) is 9.90 Å². The second-order valence-electron chi connectivity index (χ2n) is 9.92. The fraction of sp³-hybridized carbons (Fsp3) is 0.290. The van der Waals surface area contributed by atoms with Gasteiger partial charge < -0.3 is 15.2 Å². The highest BCUT2D eigenvalue weighted by Gasteiger charge is 2.41. The first kappa shape index (κ1) is 24.8. The molecule has 2 heterocycles. The topological polar surface area (TPSA) is 74.7 Å². The number of carboxylic acids is 1. The molecule has 1 aliphatic rings. The number of rotatable bonds is 9. The Kier molecular flexibility index (Phi) is 7.37. The van der Waals surface area contributed by atoms with Crippen molar-refractivity contribution in [3.63, 3.8) is 0 Å². The van der Waals surface area contributed by atoms with Crippen LogP contribution in [-0.2, 0) is 11.2 Å². The normalized spacial score (nSPS) is 15.4. The number of hydrogen-bond donors (Lipinski definition) is 2. The van der Waals surface area contributed by atoms with Crippen LogP contribution in [0.1, 0.15) is 24.1 Å². The van der Waals surface area contributed by atoms with Crippen molar-refractivity contribution < 1.29 is 14.6 Å². The number of carbonyl (C=O) groups is 1. The minimum absolute atomic E-state index is 0.555. The molecule has 1 aliphatic heterocycles. The molecular weight excluding hydrogens is 462 g/mol. The molecule has 0 radical (unpaired) electrons. The molecule has 1 saturated heterocycles. The van der Waals surface area contributed by atoms with E-state index >= 15 is 0 Å². The van der Waals surface area contributed by atoms with E-state index in [-0.39, 0.29) is 0 Å². The van der Waals surface area contributed by atoms with E-state index in [2.05, 4.69) is 27.3 Å². The highest BCUT2D eigenvalue weighted by atomic mass is 16.5. The number of pyridine rings is 1. The zero-order chi connectivity index (χ0) is 25.7. The van der Waals surface area contributed by atoms with Crippen LogP contribution < -0.4 is 10.1 Å². The number of piperidine rings is 1.